The molecule has 0 aliphatic heterocycles. The average molecular weight is 290 g/mol. The highest BCUT2D eigenvalue weighted by molar-refractivity contribution is 8.00. The van der Waals surface area contributed by atoms with Gasteiger partial charge in [-0.25, -0.2) is 4.98 Å². The number of hydrogen-bond donors (Lipinski definition) is 2. The number of carbonyl (C=O) groups is 1. The second-order valence-corrected chi connectivity index (χ2v) is 5.80. The van der Waals surface area contributed by atoms with Crippen LogP contribution in [0.1, 0.15) is 18.3 Å². The second-order valence-electron chi connectivity index (χ2n) is 4.49. The SMILES string of the molecule is Cc1nc(SC(C)C(=O)NCCc2ccccc2)n[nH]1. The summed E-state index contributed by atoms with van der Waals surface area (Å²) in [5, 5.41) is 10.1. The first kappa shape index (κ1) is 14.6. The first-order valence-corrected chi connectivity index (χ1v) is 7.40. The number of aryl methyl sites for hydroxylation is 1. The third-order valence-corrected chi connectivity index (χ3v) is 3.74. The molecule has 2 rings (SSSR count). The van der Waals surface area contributed by atoms with Gasteiger partial charge in [0.1, 0.15) is 5.82 Å². The van der Waals surface area contributed by atoms with Gasteiger partial charge in [0.05, 0.1) is 5.25 Å². The number of thioether (sulfide) groups is 1. The van der Waals surface area contributed by atoms with E-state index in [-0.39, 0.29) is 11.2 Å². The molecule has 6 heteroatoms. The minimum atomic E-state index is -0.207. The number of carbonyl (C=O) groups excluding carboxylic acids is 1. The zero-order chi connectivity index (χ0) is 14.4. The summed E-state index contributed by atoms with van der Waals surface area (Å²) in [6.07, 6.45) is 0.837. The molecule has 1 aromatic carbocycles. The number of nitrogens with zero attached hydrogens (tertiary/aromatic N) is 2. The lowest BCUT2D eigenvalue weighted by atomic mass is 10.1. The third-order valence-electron chi connectivity index (χ3n) is 2.78. The lowest BCUT2D eigenvalue weighted by molar-refractivity contribution is -0.120. The molecule has 1 heterocycles. The van der Waals surface area contributed by atoms with Crippen molar-refractivity contribution < 1.29 is 4.79 Å². The highest BCUT2D eigenvalue weighted by Crippen LogP contribution is 2.18. The molecule has 2 N–H and O–H groups in total. The number of nitrogens with one attached hydrogen (secondary N) is 2. The predicted octanol–water partition coefficient (Wildman–Crippen LogP) is 1.95. The number of rotatable bonds is 6. The van der Waals surface area contributed by atoms with Crippen LogP contribution in [0.2, 0.25) is 0 Å². The van der Waals surface area contributed by atoms with Crippen LogP contribution in [-0.4, -0.2) is 32.9 Å². The van der Waals surface area contributed by atoms with Gasteiger partial charge < -0.3 is 5.32 Å². The van der Waals surface area contributed by atoms with Crippen LogP contribution in [-0.2, 0) is 11.2 Å². The molecule has 0 radical (unpaired) electrons. The first-order valence-electron chi connectivity index (χ1n) is 6.52. The minimum absolute atomic E-state index is 0.00776. The fraction of sp³-hybridized carbons (Fsp3) is 0.357. The topological polar surface area (TPSA) is 70.7 Å². The van der Waals surface area contributed by atoms with Crippen LogP contribution in [0.25, 0.3) is 0 Å². The monoisotopic (exact) mass is 290 g/mol. The summed E-state index contributed by atoms with van der Waals surface area (Å²) in [6, 6.07) is 10.1. The molecule has 1 unspecified atom stereocenters. The first-order chi connectivity index (χ1) is 9.65. The molecule has 0 saturated heterocycles. The van der Waals surface area contributed by atoms with E-state index in [9.17, 15) is 4.79 Å². The van der Waals surface area contributed by atoms with Gasteiger partial charge in [0.2, 0.25) is 11.1 Å². The van der Waals surface area contributed by atoms with Crippen molar-refractivity contribution in [2.75, 3.05) is 6.54 Å². The van der Waals surface area contributed by atoms with Crippen molar-refractivity contribution in [3.63, 3.8) is 0 Å². The molecule has 1 atom stereocenters. The van der Waals surface area contributed by atoms with E-state index in [4.69, 9.17) is 0 Å². The number of aromatic amines is 1. The Kier molecular flexibility index (Phi) is 5.17. The van der Waals surface area contributed by atoms with Crippen molar-refractivity contribution in [3.05, 3.63) is 41.7 Å². The van der Waals surface area contributed by atoms with Crippen molar-refractivity contribution in [1.29, 1.82) is 0 Å². The summed E-state index contributed by atoms with van der Waals surface area (Å²) in [5.74, 6) is 0.762. The van der Waals surface area contributed by atoms with Crippen LogP contribution >= 0.6 is 11.8 Å². The zero-order valence-corrected chi connectivity index (χ0v) is 12.4. The number of amides is 1. The highest BCUT2D eigenvalue weighted by Gasteiger charge is 2.16. The Labute approximate surface area is 122 Å². The Morgan fingerprint density at radius 2 is 2.15 bits per heavy atom. The summed E-state index contributed by atoms with van der Waals surface area (Å²) in [5.41, 5.74) is 1.22. The Balaban J connectivity index is 1.74. The molecular formula is C14H18N4OS. The molecule has 1 amide bonds. The average Bonchev–Trinajstić information content (AvgIpc) is 2.85. The van der Waals surface area contributed by atoms with Crippen molar-refractivity contribution in [3.8, 4) is 0 Å². The van der Waals surface area contributed by atoms with Crippen LogP contribution in [0, 0.1) is 6.92 Å². The number of aromatic nitrogens is 3. The van der Waals surface area contributed by atoms with Gasteiger partial charge in [0.25, 0.3) is 0 Å². The van der Waals surface area contributed by atoms with Gasteiger partial charge in [-0.1, -0.05) is 42.1 Å². The maximum atomic E-state index is 11.9. The van der Waals surface area contributed by atoms with Gasteiger partial charge in [0.15, 0.2) is 0 Å². The number of H-pyrrole nitrogens is 1. The number of benzene rings is 1. The lowest BCUT2D eigenvalue weighted by Crippen LogP contribution is -2.32. The molecule has 1 aromatic heterocycles. The van der Waals surface area contributed by atoms with Crippen molar-refractivity contribution in [2.45, 2.75) is 30.7 Å². The molecule has 20 heavy (non-hydrogen) atoms. The van der Waals surface area contributed by atoms with Gasteiger partial charge >= 0.3 is 0 Å². The van der Waals surface area contributed by atoms with Gasteiger partial charge in [-0.2, -0.15) is 0 Å². The van der Waals surface area contributed by atoms with E-state index in [2.05, 4.69) is 32.6 Å². The summed E-state index contributed by atoms with van der Waals surface area (Å²) in [6.45, 7) is 4.33. The minimum Gasteiger partial charge on any atom is -0.355 e. The smallest absolute Gasteiger partial charge is 0.233 e. The van der Waals surface area contributed by atoms with E-state index in [0.717, 1.165) is 12.2 Å². The van der Waals surface area contributed by atoms with Gasteiger partial charge in [-0.05, 0) is 25.8 Å². The fourth-order valence-electron chi connectivity index (χ4n) is 1.70. The van der Waals surface area contributed by atoms with Crippen LogP contribution in [0.4, 0.5) is 0 Å². The van der Waals surface area contributed by atoms with Crippen LogP contribution in [0.3, 0.4) is 0 Å². The van der Waals surface area contributed by atoms with Crippen LogP contribution < -0.4 is 5.32 Å². The zero-order valence-electron chi connectivity index (χ0n) is 11.6. The van der Waals surface area contributed by atoms with E-state index in [0.29, 0.717) is 11.7 Å². The quantitative estimate of drug-likeness (QED) is 0.798. The van der Waals surface area contributed by atoms with E-state index in [1.54, 1.807) is 0 Å². The molecule has 0 aliphatic rings. The Bertz CT molecular complexity index is 555. The van der Waals surface area contributed by atoms with Crippen molar-refractivity contribution in [1.82, 2.24) is 20.5 Å². The Morgan fingerprint density at radius 3 is 2.80 bits per heavy atom. The van der Waals surface area contributed by atoms with Gasteiger partial charge in [-0.15, -0.1) is 5.10 Å². The summed E-state index contributed by atoms with van der Waals surface area (Å²) in [4.78, 5) is 16.1. The van der Waals surface area contributed by atoms with Crippen LogP contribution in [0.5, 0.6) is 0 Å². The summed E-state index contributed by atoms with van der Waals surface area (Å²) in [7, 11) is 0. The van der Waals surface area contributed by atoms with E-state index >= 15 is 0 Å². The third kappa shape index (κ3) is 4.38. The predicted molar refractivity (Wildman–Crippen MR) is 79.6 cm³/mol. The van der Waals surface area contributed by atoms with E-state index in [1.807, 2.05) is 32.0 Å². The van der Waals surface area contributed by atoms with Gasteiger partial charge in [-0.3, -0.25) is 9.89 Å². The number of hydrogen-bond acceptors (Lipinski definition) is 4. The molecule has 0 spiro atoms. The van der Waals surface area contributed by atoms with Crippen molar-refractivity contribution in [2.24, 2.45) is 0 Å². The summed E-state index contributed by atoms with van der Waals surface area (Å²) >= 11 is 1.35. The Morgan fingerprint density at radius 1 is 1.40 bits per heavy atom. The molecular weight excluding hydrogens is 272 g/mol. The molecule has 0 aliphatic carbocycles. The maximum absolute atomic E-state index is 11.9. The summed E-state index contributed by atoms with van der Waals surface area (Å²) < 4.78 is 0. The highest BCUT2D eigenvalue weighted by atomic mass is 32.2. The van der Waals surface area contributed by atoms with Crippen LogP contribution in [0.15, 0.2) is 35.5 Å². The van der Waals surface area contributed by atoms with Crippen molar-refractivity contribution >= 4 is 17.7 Å². The molecule has 0 bridgehead atoms. The Hall–Kier alpha value is -1.82. The van der Waals surface area contributed by atoms with Gasteiger partial charge in [0, 0.05) is 6.54 Å². The molecule has 2 aromatic rings. The standard InChI is InChI=1S/C14H18N4OS/c1-10(20-14-16-11(2)17-18-14)13(19)15-9-8-12-6-4-3-5-7-12/h3-7,10H,8-9H2,1-2H3,(H,15,19)(H,16,17,18). The molecule has 0 saturated carbocycles. The van der Waals surface area contributed by atoms with E-state index in [1.165, 1.54) is 17.3 Å². The fourth-order valence-corrected chi connectivity index (χ4v) is 2.50. The molecule has 5 nitrogen and oxygen atoms in total. The molecule has 106 valence electrons. The lowest BCUT2D eigenvalue weighted by Gasteiger charge is -2.10. The second kappa shape index (κ2) is 7.09. The van der Waals surface area contributed by atoms with E-state index < -0.39 is 0 Å². The largest absolute Gasteiger partial charge is 0.355 e. The maximum Gasteiger partial charge on any atom is 0.233 e. The normalized spacial score (nSPS) is 12.1. The molecule has 0 fully saturated rings.